The molecular weight excluding hydrogens is 287 g/mol. The molecule has 22 heavy (non-hydrogen) atoms. The van der Waals surface area contributed by atoms with E-state index in [-0.39, 0.29) is 12.1 Å². The van der Waals surface area contributed by atoms with Crippen molar-refractivity contribution in [3.8, 4) is 0 Å². The number of likely N-dealkylation sites (tertiary alicyclic amines) is 1. The number of carbonyl (C=O) groups is 1. The maximum Gasteiger partial charge on any atom is 0.410 e. The molecule has 1 aliphatic rings. The van der Waals surface area contributed by atoms with Crippen LogP contribution in [0.5, 0.6) is 0 Å². The van der Waals surface area contributed by atoms with Crippen LogP contribution in [-0.4, -0.2) is 52.7 Å². The largest absolute Gasteiger partial charge is 0.444 e. The van der Waals surface area contributed by atoms with Crippen LogP contribution in [0.2, 0.25) is 0 Å². The van der Waals surface area contributed by atoms with Crippen LogP contribution in [0.3, 0.4) is 0 Å². The molecule has 122 valence electrons. The Balaban J connectivity index is 2.00. The predicted octanol–water partition coefficient (Wildman–Crippen LogP) is 2.45. The predicted molar refractivity (Wildman–Crippen MR) is 81.2 cm³/mol. The van der Waals surface area contributed by atoms with Gasteiger partial charge in [0.2, 0.25) is 5.95 Å². The van der Waals surface area contributed by atoms with Gasteiger partial charge in [0.25, 0.3) is 0 Å². The number of hydrogen-bond donors (Lipinski definition) is 0. The summed E-state index contributed by atoms with van der Waals surface area (Å²) in [5, 5.41) is 0. The Bertz CT molecular complexity index is 515. The monoisotopic (exact) mass is 310 g/mol. The first-order chi connectivity index (χ1) is 10.3. The molecule has 2 rings (SSSR count). The first-order valence-corrected chi connectivity index (χ1v) is 7.44. The van der Waals surface area contributed by atoms with Gasteiger partial charge in [-0.3, -0.25) is 0 Å². The highest BCUT2D eigenvalue weighted by atomic mass is 19.1. The zero-order chi connectivity index (χ0) is 16.3. The lowest BCUT2D eigenvalue weighted by molar-refractivity contribution is 0.0199. The number of hydrogen-bond acceptors (Lipinski definition) is 5. The normalized spacial score (nSPS) is 19.0. The molecule has 2 heterocycles. The van der Waals surface area contributed by atoms with Gasteiger partial charge in [-0.1, -0.05) is 0 Å². The second kappa shape index (κ2) is 6.46. The van der Waals surface area contributed by atoms with Gasteiger partial charge in [0.15, 0.2) is 5.82 Å². The summed E-state index contributed by atoms with van der Waals surface area (Å²) < 4.78 is 18.3. The summed E-state index contributed by atoms with van der Waals surface area (Å²) in [6.45, 7) is 6.79. The number of anilines is 1. The summed E-state index contributed by atoms with van der Waals surface area (Å²) >= 11 is 0. The molecule has 0 bridgehead atoms. The molecule has 0 N–H and O–H groups in total. The molecule has 0 aliphatic carbocycles. The number of halogens is 1. The van der Waals surface area contributed by atoms with Crippen LogP contribution in [-0.2, 0) is 4.74 Å². The Morgan fingerprint density at radius 2 is 2.05 bits per heavy atom. The molecule has 1 amide bonds. The topological polar surface area (TPSA) is 58.6 Å². The van der Waals surface area contributed by atoms with Crippen molar-refractivity contribution in [2.24, 2.45) is 0 Å². The average molecular weight is 310 g/mol. The third kappa shape index (κ3) is 4.29. The molecule has 0 spiro atoms. The molecule has 0 unspecified atom stereocenters. The van der Waals surface area contributed by atoms with Gasteiger partial charge in [0, 0.05) is 26.2 Å². The maximum absolute atomic E-state index is 12.9. The summed E-state index contributed by atoms with van der Waals surface area (Å²) in [4.78, 5) is 23.7. The molecule has 1 aromatic heterocycles. The fourth-order valence-corrected chi connectivity index (χ4v) is 2.41. The van der Waals surface area contributed by atoms with Crippen LogP contribution in [0, 0.1) is 5.82 Å². The van der Waals surface area contributed by atoms with E-state index >= 15 is 0 Å². The quantitative estimate of drug-likeness (QED) is 0.840. The van der Waals surface area contributed by atoms with E-state index in [1.807, 2.05) is 32.7 Å². The van der Waals surface area contributed by atoms with E-state index in [1.165, 1.54) is 0 Å². The smallest absolute Gasteiger partial charge is 0.410 e. The molecule has 0 radical (unpaired) electrons. The molecule has 0 saturated carbocycles. The highest BCUT2D eigenvalue weighted by Crippen LogP contribution is 2.20. The SMILES string of the molecule is CN(c1ncc(F)cn1)[C@H]1CCCN(C(=O)OC(C)(C)C)C1. The fraction of sp³-hybridized carbons (Fsp3) is 0.667. The van der Waals surface area contributed by atoms with Gasteiger partial charge in [-0.05, 0) is 33.6 Å². The van der Waals surface area contributed by atoms with Crippen LogP contribution in [0.1, 0.15) is 33.6 Å². The van der Waals surface area contributed by atoms with Crippen molar-refractivity contribution in [1.29, 1.82) is 0 Å². The van der Waals surface area contributed by atoms with Gasteiger partial charge in [0.05, 0.1) is 12.4 Å². The van der Waals surface area contributed by atoms with E-state index in [4.69, 9.17) is 4.74 Å². The van der Waals surface area contributed by atoms with Crippen molar-refractivity contribution in [3.05, 3.63) is 18.2 Å². The van der Waals surface area contributed by atoms with E-state index in [0.717, 1.165) is 25.2 Å². The number of aromatic nitrogens is 2. The number of ether oxygens (including phenoxy) is 1. The zero-order valence-electron chi connectivity index (χ0n) is 13.5. The summed E-state index contributed by atoms with van der Waals surface area (Å²) in [6.07, 6.45) is 3.80. The van der Waals surface area contributed by atoms with Crippen molar-refractivity contribution in [3.63, 3.8) is 0 Å². The number of piperidine rings is 1. The lowest BCUT2D eigenvalue weighted by Gasteiger charge is -2.38. The Kier molecular flexibility index (Phi) is 4.83. The molecule has 0 aromatic carbocycles. The molecule has 7 heteroatoms. The molecule has 1 aliphatic heterocycles. The van der Waals surface area contributed by atoms with Gasteiger partial charge in [-0.15, -0.1) is 0 Å². The molecule has 1 aromatic rings. The number of carbonyl (C=O) groups excluding carboxylic acids is 1. The second-order valence-electron chi connectivity index (χ2n) is 6.53. The van der Waals surface area contributed by atoms with Gasteiger partial charge in [0.1, 0.15) is 5.60 Å². The number of rotatable bonds is 2. The summed E-state index contributed by atoms with van der Waals surface area (Å²) in [6, 6.07) is 0.0896. The van der Waals surface area contributed by atoms with Crippen molar-refractivity contribution in [2.45, 2.75) is 45.3 Å². The standard InChI is InChI=1S/C15H23FN4O2/c1-15(2,3)22-14(21)20-7-5-6-12(10-20)19(4)13-17-8-11(16)9-18-13/h8-9,12H,5-7,10H2,1-4H3/t12-/m0/s1. The Hall–Kier alpha value is -1.92. The Labute approximate surface area is 130 Å². The molecule has 6 nitrogen and oxygen atoms in total. The zero-order valence-corrected chi connectivity index (χ0v) is 13.5. The van der Waals surface area contributed by atoms with E-state index in [0.29, 0.717) is 19.0 Å². The van der Waals surface area contributed by atoms with Gasteiger partial charge in [-0.25, -0.2) is 19.2 Å². The minimum absolute atomic E-state index is 0.0896. The van der Waals surface area contributed by atoms with Gasteiger partial charge >= 0.3 is 6.09 Å². The minimum atomic E-state index is -0.504. The first kappa shape index (κ1) is 16.5. The number of likely N-dealkylation sites (N-methyl/N-ethyl adjacent to an activating group) is 1. The minimum Gasteiger partial charge on any atom is -0.444 e. The molecule has 1 atom stereocenters. The number of amides is 1. The third-order valence-corrected chi connectivity index (χ3v) is 3.52. The van der Waals surface area contributed by atoms with E-state index in [2.05, 4.69) is 9.97 Å². The van der Waals surface area contributed by atoms with Crippen LogP contribution < -0.4 is 4.90 Å². The van der Waals surface area contributed by atoms with E-state index in [1.54, 1.807) is 4.90 Å². The summed E-state index contributed by atoms with van der Waals surface area (Å²) in [5.41, 5.74) is -0.504. The van der Waals surface area contributed by atoms with Crippen molar-refractivity contribution in [1.82, 2.24) is 14.9 Å². The number of nitrogens with zero attached hydrogens (tertiary/aromatic N) is 4. The van der Waals surface area contributed by atoms with Crippen LogP contribution >= 0.6 is 0 Å². The lowest BCUT2D eigenvalue weighted by Crippen LogP contribution is -2.50. The van der Waals surface area contributed by atoms with Crippen LogP contribution in [0.15, 0.2) is 12.4 Å². The van der Waals surface area contributed by atoms with Crippen molar-refractivity contribution in [2.75, 3.05) is 25.0 Å². The van der Waals surface area contributed by atoms with Gasteiger partial charge < -0.3 is 14.5 Å². The van der Waals surface area contributed by atoms with E-state index in [9.17, 15) is 9.18 Å². The summed E-state index contributed by atoms with van der Waals surface area (Å²) in [7, 11) is 1.86. The highest BCUT2D eigenvalue weighted by Gasteiger charge is 2.30. The first-order valence-electron chi connectivity index (χ1n) is 7.44. The maximum atomic E-state index is 12.9. The Morgan fingerprint density at radius 3 is 2.64 bits per heavy atom. The molecular formula is C15H23FN4O2. The van der Waals surface area contributed by atoms with Crippen molar-refractivity contribution >= 4 is 12.0 Å². The molecule has 1 fully saturated rings. The van der Waals surface area contributed by atoms with Crippen LogP contribution in [0.25, 0.3) is 0 Å². The average Bonchev–Trinajstić information content (AvgIpc) is 2.46. The van der Waals surface area contributed by atoms with Crippen LogP contribution in [0.4, 0.5) is 15.1 Å². The van der Waals surface area contributed by atoms with E-state index < -0.39 is 11.4 Å². The second-order valence-corrected chi connectivity index (χ2v) is 6.53. The third-order valence-electron chi connectivity index (χ3n) is 3.52. The fourth-order valence-electron chi connectivity index (χ4n) is 2.41. The van der Waals surface area contributed by atoms with Crippen molar-refractivity contribution < 1.29 is 13.9 Å². The summed E-state index contributed by atoms with van der Waals surface area (Å²) in [5.74, 6) is -0.00591. The lowest BCUT2D eigenvalue weighted by atomic mass is 10.1. The Morgan fingerprint density at radius 1 is 1.41 bits per heavy atom. The molecule has 1 saturated heterocycles. The van der Waals surface area contributed by atoms with Gasteiger partial charge in [-0.2, -0.15) is 0 Å². The highest BCUT2D eigenvalue weighted by molar-refractivity contribution is 5.68.